The molecule has 0 heterocycles. The average Bonchev–Trinajstić information content (AvgIpc) is 2.82. The molecule has 0 atom stereocenters. The molecule has 0 saturated heterocycles. The summed E-state index contributed by atoms with van der Waals surface area (Å²) in [5, 5.41) is 0. The van der Waals surface area contributed by atoms with Crippen molar-refractivity contribution in [1.82, 2.24) is 0 Å². The molecule has 0 amide bonds. The average molecular weight is 535 g/mol. The highest BCUT2D eigenvalue weighted by Gasteiger charge is 2.37. The Bertz CT molecular complexity index is 878. The van der Waals surface area contributed by atoms with Gasteiger partial charge in [0.25, 0.3) is 0 Å². The van der Waals surface area contributed by atoms with Crippen molar-refractivity contribution in [3.05, 3.63) is 41.7 Å². The molecular weight excluding hydrogens is 493 g/mol. The number of unbranched alkanes of at least 4 members (excludes halogenated alkanes) is 9. The molecule has 0 spiro atoms. The number of halogens is 3. The van der Waals surface area contributed by atoms with E-state index in [0.29, 0.717) is 17.7 Å². The van der Waals surface area contributed by atoms with Crippen molar-refractivity contribution in [1.29, 1.82) is 0 Å². The minimum Gasteiger partial charge on any atom is -0.493 e. The third kappa shape index (κ3) is 15.2. The molecule has 0 fully saturated rings. The van der Waals surface area contributed by atoms with Gasteiger partial charge in [-0.3, -0.25) is 4.79 Å². The lowest BCUT2D eigenvalue weighted by atomic mass is 10.1. The van der Waals surface area contributed by atoms with Gasteiger partial charge in [0.05, 0.1) is 11.5 Å². The number of ether oxygens (including phenoxy) is 2. The van der Waals surface area contributed by atoms with E-state index in [4.69, 9.17) is 4.74 Å². The van der Waals surface area contributed by atoms with Gasteiger partial charge in [-0.15, -0.1) is 0 Å². The first-order valence-corrected chi connectivity index (χ1v) is 14.8. The Morgan fingerprint density at radius 2 is 1.42 bits per heavy atom. The van der Waals surface area contributed by atoms with Crippen LogP contribution in [-0.2, 0) is 25.8 Å². The van der Waals surface area contributed by atoms with Crippen LogP contribution in [0.1, 0.15) is 90.0 Å². The molecule has 0 aliphatic rings. The van der Waals surface area contributed by atoms with Gasteiger partial charge in [0, 0.05) is 6.42 Å². The highest BCUT2D eigenvalue weighted by atomic mass is 32.2. The summed E-state index contributed by atoms with van der Waals surface area (Å²) in [5.74, 6) is -1.77. The maximum Gasteiger partial charge on any atom is 0.449 e. The molecule has 206 valence electrons. The number of carbonyl (C=O) groups excluding carboxylic acids is 1. The molecule has 0 aromatic heterocycles. The van der Waals surface area contributed by atoms with E-state index < -0.39 is 27.7 Å². The first-order chi connectivity index (χ1) is 17.1. The van der Waals surface area contributed by atoms with E-state index >= 15 is 0 Å². The Hall–Kier alpha value is -2.03. The summed E-state index contributed by atoms with van der Waals surface area (Å²) in [6.07, 6.45) is 7.24. The highest BCUT2D eigenvalue weighted by Crippen LogP contribution is 2.27. The third-order valence-electron chi connectivity index (χ3n) is 5.71. The van der Waals surface area contributed by atoms with Crippen LogP contribution in [0.25, 0.3) is 0 Å². The summed E-state index contributed by atoms with van der Waals surface area (Å²) in [4.78, 5) is 11.2. The topological polar surface area (TPSA) is 69.7 Å². The van der Waals surface area contributed by atoms with Crippen LogP contribution in [0, 0.1) is 0 Å². The van der Waals surface area contributed by atoms with Gasteiger partial charge in [-0.2, -0.15) is 13.2 Å². The number of sulfone groups is 1. The fourth-order valence-electron chi connectivity index (χ4n) is 3.54. The zero-order valence-electron chi connectivity index (χ0n) is 21.6. The molecule has 1 aromatic carbocycles. The van der Waals surface area contributed by atoms with E-state index in [9.17, 15) is 26.4 Å². The molecule has 0 aliphatic carbocycles. The van der Waals surface area contributed by atoms with Crippen molar-refractivity contribution >= 4 is 15.8 Å². The molecule has 0 radical (unpaired) electrons. The highest BCUT2D eigenvalue weighted by molar-refractivity contribution is 7.91. The fourth-order valence-corrected chi connectivity index (χ4v) is 4.73. The predicted molar refractivity (Wildman–Crippen MR) is 137 cm³/mol. The Kier molecular flexibility index (Phi) is 15.5. The molecule has 0 aliphatic heterocycles. The van der Waals surface area contributed by atoms with Gasteiger partial charge in [0.2, 0.25) is 5.76 Å². The maximum atomic E-state index is 13.0. The smallest absolute Gasteiger partial charge is 0.449 e. The maximum absolute atomic E-state index is 13.0. The van der Waals surface area contributed by atoms with E-state index in [-0.39, 0.29) is 31.0 Å². The number of hydrogen-bond donors (Lipinski definition) is 0. The second-order valence-electron chi connectivity index (χ2n) is 8.92. The van der Waals surface area contributed by atoms with Crippen molar-refractivity contribution < 1.29 is 35.9 Å². The zero-order valence-corrected chi connectivity index (χ0v) is 22.4. The van der Waals surface area contributed by atoms with Crippen LogP contribution in [0.3, 0.4) is 0 Å². The molecule has 0 unspecified atom stereocenters. The van der Waals surface area contributed by atoms with Gasteiger partial charge in [-0.25, -0.2) is 8.42 Å². The van der Waals surface area contributed by atoms with Crippen molar-refractivity contribution in [3.8, 4) is 5.75 Å². The number of rotatable bonds is 19. The lowest BCUT2D eigenvalue weighted by Crippen LogP contribution is -2.18. The van der Waals surface area contributed by atoms with Crippen LogP contribution in [0.5, 0.6) is 5.75 Å². The van der Waals surface area contributed by atoms with Gasteiger partial charge in [-0.1, -0.05) is 83.8 Å². The van der Waals surface area contributed by atoms with Crippen molar-refractivity contribution in [2.45, 2.75) is 97.1 Å². The normalized spacial score (nSPS) is 12.5. The number of carbonyl (C=O) groups is 1. The predicted octanol–water partition coefficient (Wildman–Crippen LogP) is 7.34. The molecule has 1 rings (SSSR count). The van der Waals surface area contributed by atoms with Crippen LogP contribution in [-0.4, -0.2) is 38.7 Å². The Labute approximate surface area is 214 Å². The fraction of sp³-hybridized carbons (Fsp3) is 0.667. The number of benzene rings is 1. The second-order valence-corrected chi connectivity index (χ2v) is 11.2. The minimum absolute atomic E-state index is 0.0184. The molecule has 0 saturated carbocycles. The second kappa shape index (κ2) is 17.4. The summed E-state index contributed by atoms with van der Waals surface area (Å²) < 4.78 is 73.3. The van der Waals surface area contributed by atoms with Crippen LogP contribution < -0.4 is 4.74 Å². The summed E-state index contributed by atoms with van der Waals surface area (Å²) in [6.45, 7) is 3.64. The lowest BCUT2D eigenvalue weighted by Gasteiger charge is -2.12. The standard InChI is InChI=1S/C27H41F3O5S/c1-3-5-6-7-8-9-10-11-12-13-21-36(32,33)22-20-34-24-17-14-23(15-18-24)16-19-25(27(28,29)30)35-26(31)4-2/h14-15,17-19H,3-13,16,20-22H2,1-2H3/b25-19-. The molecule has 0 bridgehead atoms. The molecule has 9 heteroatoms. The van der Waals surface area contributed by atoms with E-state index in [1.54, 1.807) is 24.3 Å². The molecule has 36 heavy (non-hydrogen) atoms. The summed E-state index contributed by atoms with van der Waals surface area (Å²) in [6, 6.07) is 6.31. The zero-order chi connectivity index (χ0) is 26.9. The largest absolute Gasteiger partial charge is 0.493 e. The van der Waals surface area contributed by atoms with E-state index in [2.05, 4.69) is 11.7 Å². The van der Waals surface area contributed by atoms with Gasteiger partial charge in [0.15, 0.2) is 9.84 Å². The number of esters is 1. The number of allylic oxidation sites excluding steroid dienone is 2. The van der Waals surface area contributed by atoms with E-state index in [0.717, 1.165) is 25.3 Å². The van der Waals surface area contributed by atoms with Gasteiger partial charge < -0.3 is 9.47 Å². The first kappa shape index (κ1) is 32.0. The lowest BCUT2D eigenvalue weighted by molar-refractivity contribution is -0.160. The molecule has 1 aromatic rings. The van der Waals surface area contributed by atoms with Crippen LogP contribution in [0.15, 0.2) is 36.1 Å². The van der Waals surface area contributed by atoms with Crippen LogP contribution in [0.4, 0.5) is 13.2 Å². The monoisotopic (exact) mass is 534 g/mol. The van der Waals surface area contributed by atoms with E-state index in [1.165, 1.54) is 45.4 Å². The third-order valence-corrected chi connectivity index (χ3v) is 7.41. The van der Waals surface area contributed by atoms with Gasteiger partial charge in [0.1, 0.15) is 12.4 Å². The minimum atomic E-state index is -4.76. The molecular formula is C27H41F3O5S. The summed E-state index contributed by atoms with van der Waals surface area (Å²) in [5.41, 5.74) is 0.560. The van der Waals surface area contributed by atoms with Crippen molar-refractivity contribution in [2.75, 3.05) is 18.1 Å². The summed E-state index contributed by atoms with van der Waals surface area (Å²) in [7, 11) is -3.19. The van der Waals surface area contributed by atoms with Crippen molar-refractivity contribution in [3.63, 3.8) is 0 Å². The Morgan fingerprint density at radius 1 is 0.861 bits per heavy atom. The SMILES string of the molecule is CCCCCCCCCCCCS(=O)(=O)CCOc1ccc(C/C=C(\OC(=O)CC)C(F)(F)F)cc1. The van der Waals surface area contributed by atoms with E-state index in [1.807, 2.05) is 0 Å². The number of alkyl halides is 3. The Balaban J connectivity index is 2.32. The quantitative estimate of drug-likeness (QED) is 0.105. The molecule has 5 nitrogen and oxygen atoms in total. The van der Waals surface area contributed by atoms with Gasteiger partial charge >= 0.3 is 12.1 Å². The van der Waals surface area contributed by atoms with Crippen LogP contribution in [0.2, 0.25) is 0 Å². The Morgan fingerprint density at radius 3 is 1.94 bits per heavy atom. The van der Waals surface area contributed by atoms with Crippen LogP contribution >= 0.6 is 0 Å². The van der Waals surface area contributed by atoms with Crippen molar-refractivity contribution in [2.24, 2.45) is 0 Å². The first-order valence-electron chi connectivity index (χ1n) is 13.0. The molecule has 0 N–H and O–H groups in total. The number of hydrogen-bond acceptors (Lipinski definition) is 5. The van der Waals surface area contributed by atoms with Gasteiger partial charge in [-0.05, 0) is 36.6 Å². The summed E-state index contributed by atoms with van der Waals surface area (Å²) >= 11 is 0.